The van der Waals surface area contributed by atoms with E-state index in [2.05, 4.69) is 10.3 Å². The molecule has 4 amide bonds. The number of pyridine rings is 1. The highest BCUT2D eigenvalue weighted by atomic mass is 16.6. The van der Waals surface area contributed by atoms with Gasteiger partial charge in [0.1, 0.15) is 12.4 Å². The number of amides is 4. The summed E-state index contributed by atoms with van der Waals surface area (Å²) in [6, 6.07) is 19.5. The molecular formula is C33H37N5O4. The molecule has 3 aliphatic rings. The molecule has 0 unspecified atom stereocenters. The van der Waals surface area contributed by atoms with E-state index >= 15 is 0 Å². The van der Waals surface area contributed by atoms with Gasteiger partial charge < -0.3 is 19.9 Å². The number of nitrogens with zero attached hydrogens (tertiary/aromatic N) is 4. The molecule has 1 N–H and O–H groups in total. The third-order valence-electron chi connectivity index (χ3n) is 8.40. The van der Waals surface area contributed by atoms with E-state index in [-0.39, 0.29) is 24.6 Å². The molecule has 3 aromatic rings. The Hall–Kier alpha value is -4.40. The highest BCUT2D eigenvalue weighted by Crippen LogP contribution is 2.28. The second-order valence-electron chi connectivity index (χ2n) is 11.5. The molecular weight excluding hydrogens is 530 g/mol. The smallest absolute Gasteiger partial charge is 0.410 e. The van der Waals surface area contributed by atoms with Gasteiger partial charge in [-0.15, -0.1) is 0 Å². The summed E-state index contributed by atoms with van der Waals surface area (Å²) >= 11 is 0. The molecule has 1 saturated carbocycles. The molecule has 9 heteroatoms. The third kappa shape index (κ3) is 6.40. The van der Waals surface area contributed by atoms with Crippen LogP contribution in [-0.2, 0) is 11.3 Å². The van der Waals surface area contributed by atoms with Gasteiger partial charge in [0.15, 0.2) is 0 Å². The Morgan fingerprint density at radius 3 is 2.45 bits per heavy atom. The van der Waals surface area contributed by atoms with Gasteiger partial charge in [0.25, 0.3) is 5.91 Å². The van der Waals surface area contributed by atoms with E-state index in [4.69, 9.17) is 4.74 Å². The van der Waals surface area contributed by atoms with Gasteiger partial charge in [0.05, 0.1) is 0 Å². The average molecular weight is 568 g/mol. The molecule has 0 spiro atoms. The number of hydrogen-bond donors (Lipinski definition) is 1. The minimum absolute atomic E-state index is 0.0325. The van der Waals surface area contributed by atoms with Gasteiger partial charge in [0.2, 0.25) is 0 Å². The van der Waals surface area contributed by atoms with Crippen LogP contribution in [0.3, 0.4) is 0 Å². The highest BCUT2D eigenvalue weighted by Gasteiger charge is 2.33. The lowest BCUT2D eigenvalue weighted by Crippen LogP contribution is -2.42. The van der Waals surface area contributed by atoms with Crippen molar-refractivity contribution in [2.24, 2.45) is 5.92 Å². The SMILES string of the molecule is Cc1ccc(C(=O)NC2CC2)cc1-c1ccc(N2CCN(CC3CCN(C(=O)OCc4ccccc4)CC3)C2=O)nc1. The van der Waals surface area contributed by atoms with Gasteiger partial charge in [-0.05, 0) is 79.5 Å². The predicted molar refractivity (Wildman–Crippen MR) is 160 cm³/mol. The molecule has 0 atom stereocenters. The Morgan fingerprint density at radius 2 is 1.74 bits per heavy atom. The van der Waals surface area contributed by atoms with E-state index < -0.39 is 0 Å². The quantitative estimate of drug-likeness (QED) is 0.402. The van der Waals surface area contributed by atoms with Crippen LogP contribution in [0.4, 0.5) is 15.4 Å². The zero-order chi connectivity index (χ0) is 29.1. The molecule has 2 aliphatic heterocycles. The summed E-state index contributed by atoms with van der Waals surface area (Å²) in [5.41, 5.74) is 4.55. The summed E-state index contributed by atoms with van der Waals surface area (Å²) in [4.78, 5) is 48.4. The molecule has 0 bridgehead atoms. The number of rotatable bonds is 8. The van der Waals surface area contributed by atoms with Gasteiger partial charge in [-0.3, -0.25) is 9.69 Å². The van der Waals surface area contributed by atoms with Crippen LogP contribution in [0.2, 0.25) is 0 Å². The Labute approximate surface area is 246 Å². The van der Waals surface area contributed by atoms with Crippen molar-refractivity contribution in [3.05, 3.63) is 83.6 Å². The van der Waals surface area contributed by atoms with Crippen molar-refractivity contribution in [1.29, 1.82) is 0 Å². The Kier molecular flexibility index (Phi) is 8.08. The topological polar surface area (TPSA) is 95.1 Å². The summed E-state index contributed by atoms with van der Waals surface area (Å²) in [6.07, 6.45) is 5.28. The molecule has 6 rings (SSSR count). The largest absolute Gasteiger partial charge is 0.445 e. The number of benzene rings is 2. The van der Waals surface area contributed by atoms with E-state index in [0.29, 0.717) is 56.1 Å². The lowest BCUT2D eigenvalue weighted by molar-refractivity contribution is 0.0794. The van der Waals surface area contributed by atoms with Crippen LogP contribution < -0.4 is 10.2 Å². The number of anilines is 1. The van der Waals surface area contributed by atoms with Crippen LogP contribution in [0.1, 0.15) is 47.2 Å². The maximum atomic E-state index is 13.3. The number of likely N-dealkylation sites (tertiary alicyclic amines) is 1. The second-order valence-corrected chi connectivity index (χ2v) is 11.5. The monoisotopic (exact) mass is 567 g/mol. The predicted octanol–water partition coefficient (Wildman–Crippen LogP) is 5.24. The van der Waals surface area contributed by atoms with Gasteiger partial charge in [-0.2, -0.15) is 0 Å². The van der Waals surface area contributed by atoms with Gasteiger partial charge in [-0.1, -0.05) is 36.4 Å². The first kappa shape index (κ1) is 27.8. The molecule has 3 heterocycles. The molecule has 42 heavy (non-hydrogen) atoms. The normalized spacial score (nSPS) is 17.5. The first-order valence-corrected chi connectivity index (χ1v) is 14.8. The lowest BCUT2D eigenvalue weighted by Gasteiger charge is -2.33. The van der Waals surface area contributed by atoms with Crippen LogP contribution >= 0.6 is 0 Å². The van der Waals surface area contributed by atoms with Gasteiger partial charge in [0, 0.05) is 56.1 Å². The Balaban J connectivity index is 1.00. The van der Waals surface area contributed by atoms with E-state index in [1.54, 1.807) is 16.0 Å². The van der Waals surface area contributed by atoms with Crippen LogP contribution in [0, 0.1) is 12.8 Å². The fourth-order valence-electron chi connectivity index (χ4n) is 5.66. The molecule has 9 nitrogen and oxygen atoms in total. The van der Waals surface area contributed by atoms with Crippen LogP contribution in [0.5, 0.6) is 0 Å². The summed E-state index contributed by atoms with van der Waals surface area (Å²) in [6.45, 7) is 5.48. The van der Waals surface area contributed by atoms with E-state index in [1.807, 2.05) is 72.5 Å². The van der Waals surface area contributed by atoms with Crippen molar-refractivity contribution in [2.45, 2.75) is 45.3 Å². The first-order chi connectivity index (χ1) is 20.4. The average Bonchev–Trinajstić information content (AvgIpc) is 3.77. The van der Waals surface area contributed by atoms with Crippen molar-refractivity contribution < 1.29 is 19.1 Å². The second kappa shape index (κ2) is 12.2. The minimum Gasteiger partial charge on any atom is -0.445 e. The fourth-order valence-corrected chi connectivity index (χ4v) is 5.66. The van der Waals surface area contributed by atoms with Gasteiger partial charge in [-0.25, -0.2) is 14.6 Å². The summed E-state index contributed by atoms with van der Waals surface area (Å²) < 4.78 is 5.48. The summed E-state index contributed by atoms with van der Waals surface area (Å²) in [7, 11) is 0. The number of ether oxygens (including phenoxy) is 1. The maximum Gasteiger partial charge on any atom is 0.410 e. The maximum absolute atomic E-state index is 13.3. The number of aromatic nitrogens is 1. The number of aryl methyl sites for hydroxylation is 1. The summed E-state index contributed by atoms with van der Waals surface area (Å²) in [5, 5.41) is 3.04. The highest BCUT2D eigenvalue weighted by molar-refractivity contribution is 5.96. The van der Waals surface area contributed by atoms with Crippen LogP contribution in [0.25, 0.3) is 11.1 Å². The molecule has 3 fully saturated rings. The zero-order valence-corrected chi connectivity index (χ0v) is 24.0. The number of carbonyl (C=O) groups is 3. The molecule has 218 valence electrons. The number of hydrogen-bond acceptors (Lipinski definition) is 5. The van der Waals surface area contributed by atoms with Gasteiger partial charge >= 0.3 is 12.1 Å². The minimum atomic E-state index is -0.279. The van der Waals surface area contributed by atoms with Crippen molar-refractivity contribution in [3.8, 4) is 11.1 Å². The van der Waals surface area contributed by atoms with E-state index in [0.717, 1.165) is 47.9 Å². The van der Waals surface area contributed by atoms with Crippen LogP contribution in [-0.4, -0.2) is 71.6 Å². The lowest BCUT2D eigenvalue weighted by atomic mass is 9.96. The van der Waals surface area contributed by atoms with E-state index in [1.165, 1.54) is 0 Å². The van der Waals surface area contributed by atoms with Crippen molar-refractivity contribution in [1.82, 2.24) is 20.1 Å². The van der Waals surface area contributed by atoms with Crippen molar-refractivity contribution >= 4 is 23.8 Å². The third-order valence-corrected chi connectivity index (χ3v) is 8.40. The molecule has 2 aromatic carbocycles. The first-order valence-electron chi connectivity index (χ1n) is 14.8. The summed E-state index contributed by atoms with van der Waals surface area (Å²) in [5.74, 6) is 0.928. The standard InChI is InChI=1S/C33H37N5O4/c1-23-7-8-26(31(39)35-28-10-11-28)19-29(23)27-9-12-30(34-20-27)38-18-17-37(32(38)40)21-24-13-15-36(16-14-24)33(41)42-22-25-5-3-2-4-6-25/h2-9,12,19-20,24,28H,10-11,13-18,21-22H2,1H3,(H,35,39). The molecule has 1 aromatic heterocycles. The van der Waals surface area contributed by atoms with Crippen molar-refractivity contribution in [3.63, 3.8) is 0 Å². The Bertz CT molecular complexity index is 1430. The van der Waals surface area contributed by atoms with Crippen molar-refractivity contribution in [2.75, 3.05) is 37.6 Å². The van der Waals surface area contributed by atoms with E-state index in [9.17, 15) is 14.4 Å². The number of carbonyl (C=O) groups excluding carboxylic acids is 3. The number of urea groups is 1. The number of nitrogens with one attached hydrogen (secondary N) is 1. The molecule has 1 aliphatic carbocycles. The number of piperidine rings is 1. The van der Waals surface area contributed by atoms with Crippen LogP contribution in [0.15, 0.2) is 66.9 Å². The Morgan fingerprint density at radius 1 is 0.952 bits per heavy atom. The fraction of sp³-hybridized carbons (Fsp3) is 0.394. The molecule has 0 radical (unpaired) electrons. The molecule has 2 saturated heterocycles. The zero-order valence-electron chi connectivity index (χ0n) is 24.0.